The number of halogens is 3. The van der Waals surface area contributed by atoms with Crippen LogP contribution in [-0.2, 0) is 12.6 Å². The fourth-order valence-electron chi connectivity index (χ4n) is 0.929. The number of hydrogen-bond donors (Lipinski definition) is 0. The molecule has 0 nitrogen and oxygen atoms in total. The molecule has 0 aliphatic heterocycles. The minimum absolute atomic E-state index is 0.584. The van der Waals surface area contributed by atoms with Crippen LogP contribution in [0.2, 0.25) is 0 Å². The lowest BCUT2D eigenvalue weighted by Gasteiger charge is -2.06. The molecule has 0 unspecified atom stereocenters. The van der Waals surface area contributed by atoms with Gasteiger partial charge in [0.2, 0.25) is 0 Å². The number of rotatable bonds is 1. The zero-order chi connectivity index (χ0) is 17.2. The van der Waals surface area contributed by atoms with E-state index in [1.54, 1.807) is 0 Å². The molecule has 122 valence electrons. The maximum absolute atomic E-state index is 12.0. The van der Waals surface area contributed by atoms with Gasteiger partial charge >= 0.3 is 6.18 Å². The Balaban J connectivity index is -0.000000138. The number of benzene rings is 1. The Hall–Kier alpha value is -0.990. The van der Waals surface area contributed by atoms with E-state index in [0.717, 1.165) is 24.1 Å². The lowest BCUT2D eigenvalue weighted by Crippen LogP contribution is -2.04. The first-order valence-electron chi connectivity index (χ1n) is 7.70. The zero-order valence-electron chi connectivity index (χ0n) is 14.7. The highest BCUT2D eigenvalue weighted by atomic mass is 19.4. The molecule has 0 radical (unpaired) electrons. The molecule has 0 aromatic heterocycles. The molecule has 0 heterocycles. The van der Waals surface area contributed by atoms with Crippen LogP contribution in [0.1, 0.15) is 73.4 Å². The molecule has 1 rings (SSSR count). The van der Waals surface area contributed by atoms with Crippen LogP contribution in [0.5, 0.6) is 0 Å². The summed E-state index contributed by atoms with van der Waals surface area (Å²) in [6.45, 7) is 17.9. The molecule has 0 spiro atoms. The van der Waals surface area contributed by atoms with Crippen molar-refractivity contribution in [2.75, 3.05) is 0 Å². The maximum atomic E-state index is 12.0. The summed E-state index contributed by atoms with van der Waals surface area (Å²) >= 11 is 0. The van der Waals surface area contributed by atoms with Crippen molar-refractivity contribution in [1.82, 2.24) is 0 Å². The number of aryl methyl sites for hydroxylation is 1. The largest absolute Gasteiger partial charge is 0.416 e. The summed E-state index contributed by atoms with van der Waals surface area (Å²) in [6, 6.07) is 5.23. The highest BCUT2D eigenvalue weighted by Crippen LogP contribution is 2.28. The summed E-state index contributed by atoms with van der Waals surface area (Å²) in [5.74, 6) is 0. The number of hydrogen-bond acceptors (Lipinski definition) is 0. The van der Waals surface area contributed by atoms with Crippen molar-refractivity contribution in [3.05, 3.63) is 35.4 Å². The molecule has 0 atom stereocenters. The Morgan fingerprint density at radius 2 is 1.00 bits per heavy atom. The maximum Gasteiger partial charge on any atom is 0.416 e. The van der Waals surface area contributed by atoms with Crippen LogP contribution in [-0.4, -0.2) is 0 Å². The first-order valence-corrected chi connectivity index (χ1v) is 7.70. The fraction of sp³-hybridized carbons (Fsp3) is 0.647. The lowest BCUT2D eigenvalue weighted by atomic mass is 10.1. The lowest BCUT2D eigenvalue weighted by molar-refractivity contribution is -0.137. The second kappa shape index (κ2) is 20.3. The molecule has 0 N–H and O–H groups in total. The molecule has 1 aromatic carbocycles. The molecule has 0 saturated heterocycles. The van der Waals surface area contributed by atoms with Crippen LogP contribution in [0, 0.1) is 0 Å². The van der Waals surface area contributed by atoms with Crippen molar-refractivity contribution in [3.63, 3.8) is 0 Å². The molecule has 1 aromatic rings. The topological polar surface area (TPSA) is 0 Å². The van der Waals surface area contributed by atoms with E-state index in [1.165, 1.54) is 12.1 Å². The fourth-order valence-corrected chi connectivity index (χ4v) is 0.929. The van der Waals surface area contributed by atoms with Crippen molar-refractivity contribution in [2.45, 2.75) is 74.9 Å². The van der Waals surface area contributed by atoms with Gasteiger partial charge in [0.15, 0.2) is 0 Å². The zero-order valence-corrected chi connectivity index (χ0v) is 14.7. The van der Waals surface area contributed by atoms with Crippen LogP contribution in [0.4, 0.5) is 13.2 Å². The van der Waals surface area contributed by atoms with Gasteiger partial charge < -0.3 is 0 Å². The highest BCUT2D eigenvalue weighted by molar-refractivity contribution is 5.24. The van der Waals surface area contributed by atoms with Gasteiger partial charge in [-0.2, -0.15) is 13.2 Å². The molecule has 3 heteroatoms. The molecule has 0 amide bonds. The Labute approximate surface area is 124 Å². The van der Waals surface area contributed by atoms with E-state index in [0.29, 0.717) is 0 Å². The van der Waals surface area contributed by atoms with Crippen LogP contribution in [0.25, 0.3) is 0 Å². The van der Waals surface area contributed by atoms with Crippen molar-refractivity contribution in [3.8, 4) is 0 Å². The van der Waals surface area contributed by atoms with Gasteiger partial charge in [0.25, 0.3) is 0 Å². The van der Waals surface area contributed by atoms with E-state index >= 15 is 0 Å². The van der Waals surface area contributed by atoms with Gasteiger partial charge in [-0.25, -0.2) is 0 Å². The predicted molar refractivity (Wildman–Crippen MR) is 86.2 cm³/mol. The molecule has 0 aliphatic rings. The van der Waals surface area contributed by atoms with E-state index in [1.807, 2.05) is 62.3 Å². The molecule has 0 fully saturated rings. The minimum atomic E-state index is -4.22. The third-order valence-electron chi connectivity index (χ3n) is 1.69. The summed E-state index contributed by atoms with van der Waals surface area (Å²) in [6.07, 6.45) is -3.45. The average Bonchev–Trinajstić information content (AvgIpc) is 2.54. The summed E-state index contributed by atoms with van der Waals surface area (Å²) in [5, 5.41) is 0. The normalized spacial score (nSPS) is 8.20. The molecular weight excluding hydrogens is 261 g/mol. The van der Waals surface area contributed by atoms with Gasteiger partial charge in [0.05, 0.1) is 5.56 Å². The van der Waals surface area contributed by atoms with Crippen molar-refractivity contribution < 1.29 is 13.2 Å². The Morgan fingerprint density at radius 3 is 1.20 bits per heavy atom. The Morgan fingerprint density at radius 1 is 0.700 bits per heavy atom. The summed E-state index contributed by atoms with van der Waals surface area (Å²) < 4.78 is 36.1. The van der Waals surface area contributed by atoms with Crippen molar-refractivity contribution in [1.29, 1.82) is 0 Å². The molecule has 20 heavy (non-hydrogen) atoms. The van der Waals surface area contributed by atoms with E-state index in [-0.39, 0.29) is 0 Å². The van der Waals surface area contributed by atoms with Crippen LogP contribution < -0.4 is 0 Å². The summed E-state index contributed by atoms with van der Waals surface area (Å²) in [4.78, 5) is 0. The highest BCUT2D eigenvalue weighted by Gasteiger charge is 2.29. The second-order valence-electron chi connectivity index (χ2n) is 2.55. The Kier molecular flexibility index (Phi) is 27.8. The van der Waals surface area contributed by atoms with Crippen LogP contribution >= 0.6 is 0 Å². The quantitative estimate of drug-likeness (QED) is 0.507. The van der Waals surface area contributed by atoms with E-state index < -0.39 is 11.7 Å². The SMILES string of the molecule is CC.CC.CC.CC.CCc1ccc(C(F)(F)F)cc1. The third-order valence-corrected chi connectivity index (χ3v) is 1.69. The van der Waals surface area contributed by atoms with Crippen LogP contribution in [0.3, 0.4) is 0 Å². The minimum Gasteiger partial charge on any atom is -0.166 e. The van der Waals surface area contributed by atoms with Gasteiger partial charge in [-0.05, 0) is 24.1 Å². The van der Waals surface area contributed by atoms with Gasteiger partial charge in [0.1, 0.15) is 0 Å². The molecule has 0 bridgehead atoms. The third kappa shape index (κ3) is 15.1. The van der Waals surface area contributed by atoms with Gasteiger partial charge in [-0.3, -0.25) is 0 Å². The van der Waals surface area contributed by atoms with E-state index in [4.69, 9.17) is 0 Å². The first-order chi connectivity index (χ1) is 9.54. The summed E-state index contributed by atoms with van der Waals surface area (Å²) in [5.41, 5.74) is 0.336. The average molecular weight is 294 g/mol. The molecule has 0 aliphatic carbocycles. The monoisotopic (exact) mass is 294 g/mol. The number of alkyl halides is 3. The Bertz CT molecular complexity index is 248. The predicted octanol–water partition coefficient (Wildman–Crippen LogP) is 7.37. The van der Waals surface area contributed by atoms with Crippen LogP contribution in [0.15, 0.2) is 24.3 Å². The van der Waals surface area contributed by atoms with E-state index in [9.17, 15) is 13.2 Å². The standard InChI is InChI=1S/C9H9F3.4C2H6/c1-2-7-3-5-8(6-4-7)9(10,11)12;4*1-2/h3-6H,2H2,1H3;4*1-2H3. The smallest absolute Gasteiger partial charge is 0.166 e. The molecular formula is C17H33F3. The first kappa shape index (κ1) is 27.4. The van der Waals surface area contributed by atoms with Crippen molar-refractivity contribution >= 4 is 0 Å². The van der Waals surface area contributed by atoms with Gasteiger partial charge in [-0.1, -0.05) is 74.4 Å². The molecule has 0 saturated carbocycles. The van der Waals surface area contributed by atoms with Gasteiger partial charge in [0, 0.05) is 0 Å². The summed E-state index contributed by atoms with van der Waals surface area (Å²) in [7, 11) is 0. The van der Waals surface area contributed by atoms with Gasteiger partial charge in [-0.15, -0.1) is 0 Å². The second-order valence-corrected chi connectivity index (χ2v) is 2.55. The van der Waals surface area contributed by atoms with Crippen molar-refractivity contribution in [2.24, 2.45) is 0 Å². The van der Waals surface area contributed by atoms with E-state index in [2.05, 4.69) is 0 Å².